The molecular weight excluding hydrogens is 410 g/mol. The lowest BCUT2D eigenvalue weighted by molar-refractivity contribution is -0.158. The Kier molecular flexibility index (Phi) is 6.16. The third-order valence-corrected chi connectivity index (χ3v) is 7.60. The van der Waals surface area contributed by atoms with E-state index in [0.717, 1.165) is 18.7 Å². The number of carbonyl (C=O) groups excluding carboxylic acids is 1. The fourth-order valence-corrected chi connectivity index (χ4v) is 6.57. The van der Waals surface area contributed by atoms with Crippen molar-refractivity contribution >= 4 is 18.0 Å². The van der Waals surface area contributed by atoms with Crippen LogP contribution in [-0.2, 0) is 16.1 Å². The van der Waals surface area contributed by atoms with Crippen LogP contribution >= 0.6 is 0 Å². The zero-order valence-electron chi connectivity index (χ0n) is 18.7. The van der Waals surface area contributed by atoms with Gasteiger partial charge in [-0.1, -0.05) is 44.2 Å². The number of hydrogen-bond donors (Lipinski definition) is 3. The maximum Gasteiger partial charge on any atom is 0.408 e. The summed E-state index contributed by atoms with van der Waals surface area (Å²) >= 11 is 0. The van der Waals surface area contributed by atoms with Gasteiger partial charge in [0.2, 0.25) is 5.91 Å². The molecule has 0 aromatic heterocycles. The largest absolute Gasteiger partial charge is 0.481 e. The molecule has 0 spiro atoms. The van der Waals surface area contributed by atoms with Crippen molar-refractivity contribution in [1.82, 2.24) is 15.1 Å². The van der Waals surface area contributed by atoms with Gasteiger partial charge in [0.15, 0.2) is 0 Å². The van der Waals surface area contributed by atoms with Gasteiger partial charge in [0.25, 0.3) is 0 Å². The van der Waals surface area contributed by atoms with Crippen molar-refractivity contribution in [2.75, 3.05) is 19.6 Å². The summed E-state index contributed by atoms with van der Waals surface area (Å²) in [7, 11) is 0. The lowest BCUT2D eigenvalue weighted by Gasteiger charge is -2.60. The molecule has 5 rings (SSSR count). The Balaban J connectivity index is 1.69. The molecule has 3 N–H and O–H groups in total. The van der Waals surface area contributed by atoms with Gasteiger partial charge in [-0.15, -0.1) is 0 Å². The van der Waals surface area contributed by atoms with Gasteiger partial charge < -0.3 is 15.5 Å². The fourth-order valence-electron chi connectivity index (χ4n) is 6.57. The first-order valence-electron chi connectivity index (χ1n) is 11.5. The molecule has 3 heterocycles. The van der Waals surface area contributed by atoms with E-state index >= 15 is 0 Å². The average molecular weight is 444 g/mol. The van der Waals surface area contributed by atoms with Gasteiger partial charge in [0.1, 0.15) is 5.54 Å². The van der Waals surface area contributed by atoms with Crippen molar-refractivity contribution in [2.45, 2.75) is 51.2 Å². The van der Waals surface area contributed by atoms with Crippen LogP contribution in [-0.4, -0.2) is 69.2 Å². The average Bonchev–Trinajstić information content (AvgIpc) is 3.02. The first-order valence-corrected chi connectivity index (χ1v) is 11.5. The summed E-state index contributed by atoms with van der Waals surface area (Å²) in [5, 5.41) is 22.5. The minimum absolute atomic E-state index is 0.0357. The van der Waals surface area contributed by atoms with E-state index in [-0.39, 0.29) is 36.1 Å². The number of piperidine rings is 2. The second kappa shape index (κ2) is 8.73. The molecule has 4 fully saturated rings. The molecule has 0 radical (unpaired) electrons. The standard InChI is InChI=1S/C24H33N3O5/c1-15(2)12-26-13-17-10-24(22(30)25-11-16-6-4-3-5-7-16)19(8-9-20(28)29)21(26)18(17)14-27(24)23(31)32/h3-7,15,17-19,21H,8-14H2,1-2H3,(H,25,30)(H,28,29)(H,31,32)/t17-,18-,19-,21+,24+/m1/s1. The van der Waals surface area contributed by atoms with E-state index in [0.29, 0.717) is 31.8 Å². The van der Waals surface area contributed by atoms with Crippen LogP contribution in [0.2, 0.25) is 0 Å². The molecular formula is C24H33N3O5. The Hall–Kier alpha value is -2.61. The van der Waals surface area contributed by atoms with Crippen LogP contribution in [0.15, 0.2) is 30.3 Å². The Morgan fingerprint density at radius 1 is 1.16 bits per heavy atom. The van der Waals surface area contributed by atoms with E-state index in [4.69, 9.17) is 0 Å². The number of benzene rings is 1. The second-order valence-electron chi connectivity index (χ2n) is 9.99. The monoisotopic (exact) mass is 443 g/mol. The number of aliphatic carboxylic acids is 1. The molecule has 8 heteroatoms. The van der Waals surface area contributed by atoms with Gasteiger partial charge in [-0.2, -0.15) is 0 Å². The molecule has 2 amide bonds. The second-order valence-corrected chi connectivity index (χ2v) is 9.99. The number of rotatable bonds is 8. The van der Waals surface area contributed by atoms with Gasteiger partial charge in [-0.05, 0) is 36.2 Å². The van der Waals surface area contributed by atoms with Crippen LogP contribution in [0, 0.1) is 23.7 Å². The lowest BCUT2D eigenvalue weighted by Crippen LogP contribution is -2.75. The van der Waals surface area contributed by atoms with Gasteiger partial charge in [-0.3, -0.25) is 19.4 Å². The predicted octanol–water partition coefficient (Wildman–Crippen LogP) is 2.49. The van der Waals surface area contributed by atoms with Crippen LogP contribution in [0.1, 0.15) is 38.7 Å². The number of nitrogens with zero attached hydrogens (tertiary/aromatic N) is 2. The molecule has 3 aliphatic heterocycles. The molecule has 4 aliphatic rings. The summed E-state index contributed by atoms with van der Waals surface area (Å²) < 4.78 is 0. The summed E-state index contributed by atoms with van der Waals surface area (Å²) in [6.45, 7) is 6.67. The van der Waals surface area contributed by atoms with E-state index < -0.39 is 17.6 Å². The number of carboxylic acid groups (broad SMARTS) is 2. The number of hydrogen-bond acceptors (Lipinski definition) is 4. The van der Waals surface area contributed by atoms with E-state index in [2.05, 4.69) is 24.1 Å². The zero-order chi connectivity index (χ0) is 23.0. The van der Waals surface area contributed by atoms with Gasteiger partial charge in [-0.25, -0.2) is 4.79 Å². The number of amides is 2. The Labute approximate surface area is 188 Å². The molecule has 1 aromatic rings. The fraction of sp³-hybridized carbons (Fsp3) is 0.625. The van der Waals surface area contributed by atoms with Crippen molar-refractivity contribution < 1.29 is 24.6 Å². The molecule has 8 nitrogen and oxygen atoms in total. The minimum Gasteiger partial charge on any atom is -0.481 e. The summed E-state index contributed by atoms with van der Waals surface area (Å²) in [5.41, 5.74) is -0.290. The van der Waals surface area contributed by atoms with Crippen molar-refractivity contribution in [3.8, 4) is 0 Å². The summed E-state index contributed by atoms with van der Waals surface area (Å²) in [6, 6.07) is 9.57. The van der Waals surface area contributed by atoms with Crippen molar-refractivity contribution in [1.29, 1.82) is 0 Å². The van der Waals surface area contributed by atoms with Crippen LogP contribution in [0.3, 0.4) is 0 Å². The van der Waals surface area contributed by atoms with E-state index in [9.17, 15) is 24.6 Å². The minimum atomic E-state index is -1.23. The van der Waals surface area contributed by atoms with Crippen LogP contribution < -0.4 is 5.32 Å². The highest BCUT2D eigenvalue weighted by Crippen LogP contribution is 2.57. The van der Waals surface area contributed by atoms with Crippen LogP contribution in [0.5, 0.6) is 0 Å². The normalized spacial score (nSPS) is 31.2. The highest BCUT2D eigenvalue weighted by molar-refractivity contribution is 5.91. The highest BCUT2D eigenvalue weighted by atomic mass is 16.4. The van der Waals surface area contributed by atoms with Gasteiger partial charge in [0.05, 0.1) is 0 Å². The topological polar surface area (TPSA) is 110 Å². The summed E-state index contributed by atoms with van der Waals surface area (Å²) in [6.07, 6.45) is -0.422. The molecule has 4 bridgehead atoms. The number of carbonyl (C=O) groups is 3. The van der Waals surface area contributed by atoms with Crippen molar-refractivity contribution in [3.63, 3.8) is 0 Å². The highest BCUT2D eigenvalue weighted by Gasteiger charge is 2.69. The molecule has 174 valence electrons. The van der Waals surface area contributed by atoms with Gasteiger partial charge >= 0.3 is 12.1 Å². The van der Waals surface area contributed by atoms with Crippen molar-refractivity contribution in [3.05, 3.63) is 35.9 Å². The Bertz CT molecular complexity index is 876. The first kappa shape index (κ1) is 22.6. The van der Waals surface area contributed by atoms with E-state index in [1.54, 1.807) is 0 Å². The third kappa shape index (κ3) is 3.85. The summed E-state index contributed by atoms with van der Waals surface area (Å²) in [4.78, 5) is 41.3. The zero-order valence-corrected chi connectivity index (χ0v) is 18.7. The molecule has 0 unspecified atom stereocenters. The molecule has 1 aromatic carbocycles. The lowest BCUT2D eigenvalue weighted by atomic mass is 9.57. The smallest absolute Gasteiger partial charge is 0.408 e. The first-order chi connectivity index (χ1) is 15.2. The van der Waals surface area contributed by atoms with E-state index in [1.807, 2.05) is 30.3 Å². The van der Waals surface area contributed by atoms with Crippen molar-refractivity contribution in [2.24, 2.45) is 23.7 Å². The summed E-state index contributed by atoms with van der Waals surface area (Å²) in [5.74, 6) is -0.727. The van der Waals surface area contributed by atoms with Crippen LogP contribution in [0.4, 0.5) is 4.79 Å². The third-order valence-electron chi connectivity index (χ3n) is 7.60. The maximum absolute atomic E-state index is 13.8. The number of likely N-dealkylation sites (tertiary alicyclic amines) is 1. The van der Waals surface area contributed by atoms with Gasteiger partial charge in [0, 0.05) is 44.6 Å². The Morgan fingerprint density at radius 3 is 2.50 bits per heavy atom. The molecule has 1 saturated carbocycles. The molecule has 1 aliphatic carbocycles. The SMILES string of the molecule is CC(C)CN1C[C@H]2C[C@@]3(C(=O)NCc4ccccc4)[C@H](CCC(=O)O)[C@@H]1[C@@H]2CN3C(=O)O. The quantitative estimate of drug-likeness (QED) is 0.569. The number of carboxylic acids is 1. The molecule has 3 saturated heterocycles. The van der Waals surface area contributed by atoms with Crippen LogP contribution in [0.25, 0.3) is 0 Å². The molecule has 5 atom stereocenters. The number of nitrogens with one attached hydrogen (secondary N) is 1. The Morgan fingerprint density at radius 2 is 1.88 bits per heavy atom. The van der Waals surface area contributed by atoms with E-state index in [1.165, 1.54) is 4.90 Å². The number of fused-ring (bicyclic) bond motifs is 1. The predicted molar refractivity (Wildman–Crippen MR) is 118 cm³/mol. The maximum atomic E-state index is 13.8. The molecule has 32 heavy (non-hydrogen) atoms.